The number of alkyl halides is 1. The van der Waals surface area contributed by atoms with E-state index in [-0.39, 0.29) is 0 Å². The second-order valence-electron chi connectivity index (χ2n) is 4.44. The standard InChI is InChI=1S/C14H19FN2O3S/c1-9(12(15)21-11-7-5-4-6-8-11)16-13(18)10(2)17-14(19)20-3/h4-10,12H,1-3H3,(H,16,18)(H,17,19)/t9-,10-,12?/m0/s1. The monoisotopic (exact) mass is 314 g/mol. The Balaban J connectivity index is 2.46. The van der Waals surface area contributed by atoms with Crippen molar-refractivity contribution in [3.05, 3.63) is 30.3 Å². The number of thioether (sulfide) groups is 1. The van der Waals surface area contributed by atoms with Crippen LogP contribution in [-0.4, -0.2) is 36.7 Å². The van der Waals surface area contributed by atoms with Crippen LogP contribution in [0.5, 0.6) is 0 Å². The van der Waals surface area contributed by atoms with Crippen molar-refractivity contribution in [3.63, 3.8) is 0 Å². The van der Waals surface area contributed by atoms with Crippen molar-refractivity contribution in [2.45, 2.75) is 36.3 Å². The van der Waals surface area contributed by atoms with Gasteiger partial charge in [-0.25, -0.2) is 9.18 Å². The number of hydrogen-bond acceptors (Lipinski definition) is 4. The van der Waals surface area contributed by atoms with Crippen LogP contribution in [0.15, 0.2) is 35.2 Å². The summed E-state index contributed by atoms with van der Waals surface area (Å²) >= 11 is 1.03. The van der Waals surface area contributed by atoms with Gasteiger partial charge in [0, 0.05) is 4.90 Å². The minimum atomic E-state index is -1.29. The minimum Gasteiger partial charge on any atom is -0.453 e. The van der Waals surface area contributed by atoms with E-state index in [1.54, 1.807) is 19.1 Å². The van der Waals surface area contributed by atoms with Crippen molar-refractivity contribution in [1.29, 1.82) is 0 Å². The van der Waals surface area contributed by atoms with E-state index in [1.165, 1.54) is 14.0 Å². The first kappa shape index (κ1) is 17.3. The van der Waals surface area contributed by atoms with E-state index >= 15 is 0 Å². The fourth-order valence-corrected chi connectivity index (χ4v) is 2.29. The normalized spacial score (nSPS) is 14.7. The summed E-state index contributed by atoms with van der Waals surface area (Å²) in [4.78, 5) is 23.6. The highest BCUT2D eigenvalue weighted by atomic mass is 32.2. The molecule has 0 fully saturated rings. The van der Waals surface area contributed by atoms with Gasteiger partial charge in [-0.1, -0.05) is 30.0 Å². The van der Waals surface area contributed by atoms with Crippen LogP contribution in [0.3, 0.4) is 0 Å². The van der Waals surface area contributed by atoms with Crippen LogP contribution in [0.4, 0.5) is 9.18 Å². The van der Waals surface area contributed by atoms with Gasteiger partial charge in [-0.05, 0) is 26.0 Å². The Hall–Kier alpha value is -1.76. The lowest BCUT2D eigenvalue weighted by Gasteiger charge is -2.20. The molecule has 5 nitrogen and oxygen atoms in total. The maximum absolute atomic E-state index is 14.1. The molecule has 0 saturated carbocycles. The quantitative estimate of drug-likeness (QED) is 0.791. The number of carbonyl (C=O) groups is 2. The smallest absolute Gasteiger partial charge is 0.407 e. The summed E-state index contributed by atoms with van der Waals surface area (Å²) in [6, 6.07) is 7.60. The summed E-state index contributed by atoms with van der Waals surface area (Å²) < 4.78 is 18.5. The molecule has 2 N–H and O–H groups in total. The average molecular weight is 314 g/mol. The number of alkyl carbamates (subject to hydrolysis) is 1. The number of benzene rings is 1. The van der Waals surface area contributed by atoms with E-state index in [9.17, 15) is 14.0 Å². The minimum absolute atomic E-state index is 0.468. The summed E-state index contributed by atoms with van der Waals surface area (Å²) in [5.41, 5.74) is -1.29. The Morgan fingerprint density at radius 3 is 2.38 bits per heavy atom. The van der Waals surface area contributed by atoms with Crippen LogP contribution in [0.1, 0.15) is 13.8 Å². The molecule has 0 aliphatic heterocycles. The SMILES string of the molecule is COC(=O)N[C@@H](C)C(=O)N[C@@H](C)C(F)Sc1ccccc1. The van der Waals surface area contributed by atoms with E-state index in [1.807, 2.05) is 18.2 Å². The van der Waals surface area contributed by atoms with Crippen molar-refractivity contribution in [2.24, 2.45) is 0 Å². The topological polar surface area (TPSA) is 67.4 Å². The van der Waals surface area contributed by atoms with Crippen LogP contribution in [-0.2, 0) is 9.53 Å². The van der Waals surface area contributed by atoms with E-state index in [0.717, 1.165) is 16.7 Å². The molecule has 1 aromatic carbocycles. The molecule has 1 rings (SSSR count). The number of methoxy groups -OCH3 is 1. The largest absolute Gasteiger partial charge is 0.453 e. The summed E-state index contributed by atoms with van der Waals surface area (Å²) in [5, 5.41) is 4.84. The number of amides is 2. The average Bonchev–Trinajstić information content (AvgIpc) is 2.47. The maximum Gasteiger partial charge on any atom is 0.407 e. The fraction of sp³-hybridized carbons (Fsp3) is 0.429. The van der Waals surface area contributed by atoms with Gasteiger partial charge in [-0.15, -0.1) is 0 Å². The summed E-state index contributed by atoms with van der Waals surface area (Å²) in [5.74, 6) is -0.468. The van der Waals surface area contributed by atoms with Crippen LogP contribution in [0.2, 0.25) is 0 Å². The highest BCUT2D eigenvalue weighted by molar-refractivity contribution is 7.99. The van der Waals surface area contributed by atoms with Crippen molar-refractivity contribution in [3.8, 4) is 0 Å². The first-order valence-corrected chi connectivity index (χ1v) is 7.32. The Morgan fingerprint density at radius 1 is 1.19 bits per heavy atom. The number of halogens is 1. The van der Waals surface area contributed by atoms with Crippen molar-refractivity contribution >= 4 is 23.8 Å². The number of hydrogen-bond donors (Lipinski definition) is 2. The molecule has 0 aliphatic rings. The molecule has 1 unspecified atom stereocenters. The molecule has 0 radical (unpaired) electrons. The van der Waals surface area contributed by atoms with Gasteiger partial charge in [0.1, 0.15) is 6.04 Å². The number of rotatable bonds is 6. The molecule has 0 aromatic heterocycles. The molecule has 2 amide bonds. The highest BCUT2D eigenvalue weighted by Gasteiger charge is 2.23. The molecule has 0 aliphatic carbocycles. The van der Waals surface area contributed by atoms with Gasteiger partial charge in [-0.3, -0.25) is 4.79 Å². The van der Waals surface area contributed by atoms with Gasteiger partial charge >= 0.3 is 6.09 Å². The third kappa shape index (κ3) is 6.03. The fourth-order valence-electron chi connectivity index (χ4n) is 1.45. The molecular formula is C14H19FN2O3S. The van der Waals surface area contributed by atoms with E-state index in [0.29, 0.717) is 0 Å². The van der Waals surface area contributed by atoms with Gasteiger partial charge in [0.05, 0.1) is 13.2 Å². The van der Waals surface area contributed by atoms with Crippen LogP contribution < -0.4 is 10.6 Å². The van der Waals surface area contributed by atoms with Gasteiger partial charge in [0.25, 0.3) is 0 Å². The predicted molar refractivity (Wildman–Crippen MR) is 79.8 cm³/mol. The van der Waals surface area contributed by atoms with Gasteiger partial charge in [0.15, 0.2) is 5.50 Å². The van der Waals surface area contributed by atoms with Gasteiger partial charge < -0.3 is 15.4 Å². The van der Waals surface area contributed by atoms with Crippen molar-refractivity contribution in [1.82, 2.24) is 10.6 Å². The number of ether oxygens (including phenoxy) is 1. The van der Waals surface area contributed by atoms with Gasteiger partial charge in [0.2, 0.25) is 5.91 Å². The Labute approximate surface area is 127 Å². The summed E-state index contributed by atoms with van der Waals surface area (Å²) in [7, 11) is 1.21. The molecule has 7 heteroatoms. The zero-order valence-corrected chi connectivity index (χ0v) is 12.9. The van der Waals surface area contributed by atoms with Crippen LogP contribution in [0, 0.1) is 0 Å². The lowest BCUT2D eigenvalue weighted by Crippen LogP contribution is -2.49. The molecule has 1 aromatic rings. The Morgan fingerprint density at radius 2 is 1.81 bits per heavy atom. The zero-order chi connectivity index (χ0) is 15.8. The third-order valence-corrected chi connectivity index (χ3v) is 3.85. The van der Waals surface area contributed by atoms with Gasteiger partial charge in [-0.2, -0.15) is 0 Å². The Kier molecular flexibility index (Phi) is 7.01. The second-order valence-corrected chi connectivity index (χ2v) is 5.59. The Bertz CT molecular complexity index is 473. The highest BCUT2D eigenvalue weighted by Crippen LogP contribution is 2.25. The molecule has 0 bridgehead atoms. The zero-order valence-electron chi connectivity index (χ0n) is 12.1. The second kappa shape index (κ2) is 8.51. The molecule has 0 saturated heterocycles. The molecule has 3 atom stereocenters. The molecular weight excluding hydrogens is 295 g/mol. The molecule has 0 heterocycles. The van der Waals surface area contributed by atoms with E-state index in [2.05, 4.69) is 15.4 Å². The number of nitrogens with one attached hydrogen (secondary N) is 2. The summed E-state index contributed by atoms with van der Waals surface area (Å²) in [6.45, 7) is 3.07. The van der Waals surface area contributed by atoms with E-state index in [4.69, 9.17) is 0 Å². The molecule has 116 valence electrons. The van der Waals surface area contributed by atoms with Crippen LogP contribution >= 0.6 is 11.8 Å². The van der Waals surface area contributed by atoms with Crippen molar-refractivity contribution < 1.29 is 18.7 Å². The number of carbonyl (C=O) groups excluding carboxylic acids is 2. The summed E-state index contributed by atoms with van der Waals surface area (Å²) in [6.07, 6.45) is -0.708. The van der Waals surface area contributed by atoms with Crippen molar-refractivity contribution in [2.75, 3.05) is 7.11 Å². The molecule has 21 heavy (non-hydrogen) atoms. The third-order valence-electron chi connectivity index (χ3n) is 2.67. The van der Waals surface area contributed by atoms with E-state index < -0.39 is 29.6 Å². The first-order chi connectivity index (χ1) is 9.93. The first-order valence-electron chi connectivity index (χ1n) is 6.44. The lowest BCUT2D eigenvalue weighted by atomic mass is 10.3. The lowest BCUT2D eigenvalue weighted by molar-refractivity contribution is -0.123. The maximum atomic E-state index is 14.1. The predicted octanol–water partition coefficient (Wildman–Crippen LogP) is 2.32. The molecule has 0 spiro atoms. The van der Waals surface area contributed by atoms with Crippen LogP contribution in [0.25, 0.3) is 0 Å².